The summed E-state index contributed by atoms with van der Waals surface area (Å²) in [7, 11) is 0. The fraction of sp³-hybridized carbons (Fsp3) is 0.0526. The summed E-state index contributed by atoms with van der Waals surface area (Å²) < 4.78 is 1.54. The van der Waals surface area contributed by atoms with Gasteiger partial charge < -0.3 is 5.11 Å². The number of aryl methyl sites for hydroxylation is 1. The summed E-state index contributed by atoms with van der Waals surface area (Å²) in [6, 6.07) is 21.2. The van der Waals surface area contributed by atoms with Crippen molar-refractivity contribution < 1.29 is 9.78 Å². The highest BCUT2D eigenvalue weighted by Gasteiger charge is 2.04. The van der Waals surface area contributed by atoms with Crippen LogP contribution in [0, 0.1) is 6.92 Å². The van der Waals surface area contributed by atoms with Gasteiger partial charge in [0.25, 0.3) is 0 Å². The van der Waals surface area contributed by atoms with Gasteiger partial charge in [0.15, 0.2) is 0 Å². The molecular formula is C19H16N2O. The Morgan fingerprint density at radius 3 is 2.18 bits per heavy atom. The summed E-state index contributed by atoms with van der Waals surface area (Å²) in [4.78, 5) is 0. The monoisotopic (exact) mass is 288 g/mol. The van der Waals surface area contributed by atoms with E-state index in [2.05, 4.69) is 24.2 Å². The first-order chi connectivity index (χ1) is 10.7. The molecule has 3 nitrogen and oxygen atoms in total. The third-order valence-electron chi connectivity index (χ3n) is 3.50. The van der Waals surface area contributed by atoms with Gasteiger partial charge in [-0.2, -0.15) is 0 Å². The Morgan fingerprint density at radius 2 is 1.50 bits per heavy atom. The van der Waals surface area contributed by atoms with Crippen molar-refractivity contribution in [3.8, 4) is 11.1 Å². The molecule has 0 bridgehead atoms. The molecule has 0 saturated carbocycles. The molecule has 0 radical (unpaired) electrons. The summed E-state index contributed by atoms with van der Waals surface area (Å²) in [5, 5.41) is 16.1. The number of pyridine rings is 1. The second kappa shape index (κ2) is 6.22. The van der Waals surface area contributed by atoms with Crippen molar-refractivity contribution in [1.82, 2.24) is 0 Å². The van der Waals surface area contributed by atoms with E-state index in [-0.39, 0.29) is 5.90 Å². The molecule has 0 aliphatic carbocycles. The van der Waals surface area contributed by atoms with Crippen LogP contribution in [0.3, 0.4) is 0 Å². The smallest absolute Gasteiger partial charge is 0.202 e. The van der Waals surface area contributed by atoms with Gasteiger partial charge in [0.05, 0.1) is 5.90 Å². The van der Waals surface area contributed by atoms with Gasteiger partial charge >= 0.3 is 0 Å². The molecule has 0 fully saturated rings. The highest BCUT2D eigenvalue weighted by atomic mass is 16.3. The summed E-state index contributed by atoms with van der Waals surface area (Å²) in [6.45, 7) is 2.08. The van der Waals surface area contributed by atoms with E-state index in [1.54, 1.807) is 24.5 Å². The Morgan fingerprint density at radius 1 is 0.864 bits per heavy atom. The van der Waals surface area contributed by atoms with E-state index in [0.29, 0.717) is 5.56 Å². The molecule has 0 amide bonds. The molecule has 0 N–H and O–H groups in total. The molecule has 0 aliphatic rings. The lowest BCUT2D eigenvalue weighted by Crippen LogP contribution is -2.33. The summed E-state index contributed by atoms with van der Waals surface area (Å²) >= 11 is 0. The number of hydrogen-bond donors (Lipinski definition) is 0. The highest BCUT2D eigenvalue weighted by Crippen LogP contribution is 2.21. The van der Waals surface area contributed by atoms with Gasteiger partial charge in [0.2, 0.25) is 12.4 Å². The van der Waals surface area contributed by atoms with Crippen LogP contribution in [-0.2, 0) is 0 Å². The topological polar surface area (TPSA) is 39.3 Å². The molecule has 0 unspecified atom stereocenters. The van der Waals surface area contributed by atoms with Crippen molar-refractivity contribution in [3.63, 3.8) is 0 Å². The maximum atomic E-state index is 12.0. The number of benzene rings is 2. The maximum absolute atomic E-state index is 12.0. The zero-order valence-electron chi connectivity index (χ0n) is 12.3. The highest BCUT2D eigenvalue weighted by molar-refractivity contribution is 5.89. The zero-order valence-corrected chi connectivity index (χ0v) is 12.3. The largest absolute Gasteiger partial charge is 0.854 e. The minimum Gasteiger partial charge on any atom is -0.854 e. The fourth-order valence-corrected chi connectivity index (χ4v) is 2.30. The van der Waals surface area contributed by atoms with Gasteiger partial charge in [-0.3, -0.25) is 0 Å². The van der Waals surface area contributed by atoms with Gasteiger partial charge in [0.1, 0.15) is 0 Å². The molecule has 0 aliphatic heterocycles. The van der Waals surface area contributed by atoms with E-state index >= 15 is 0 Å². The van der Waals surface area contributed by atoms with Crippen molar-refractivity contribution in [1.29, 1.82) is 0 Å². The molecular weight excluding hydrogens is 272 g/mol. The average Bonchev–Trinajstić information content (AvgIpc) is 2.57. The van der Waals surface area contributed by atoms with E-state index < -0.39 is 0 Å². The molecule has 0 saturated heterocycles. The normalized spacial score (nSPS) is 11.4. The summed E-state index contributed by atoms with van der Waals surface area (Å²) in [6.07, 6.45) is 3.59. The van der Waals surface area contributed by atoms with E-state index in [4.69, 9.17) is 0 Å². The van der Waals surface area contributed by atoms with Crippen molar-refractivity contribution >= 4 is 5.90 Å². The molecule has 3 aromatic rings. The van der Waals surface area contributed by atoms with Gasteiger partial charge in [-0.25, -0.2) is 0 Å². The van der Waals surface area contributed by atoms with Crippen LogP contribution in [0.2, 0.25) is 0 Å². The molecule has 1 aromatic heterocycles. The summed E-state index contributed by atoms with van der Waals surface area (Å²) in [5.74, 6) is -0.255. The van der Waals surface area contributed by atoms with Gasteiger partial charge in [-0.15, -0.1) is 0 Å². The molecule has 3 heteroatoms. The first-order valence-corrected chi connectivity index (χ1v) is 7.13. The van der Waals surface area contributed by atoms with Crippen LogP contribution in [0.5, 0.6) is 0 Å². The lowest BCUT2D eigenvalue weighted by atomic mass is 10.0. The average molecular weight is 288 g/mol. The second-order valence-electron chi connectivity index (χ2n) is 5.05. The van der Waals surface area contributed by atoms with Crippen molar-refractivity contribution in [3.05, 3.63) is 90.3 Å². The standard InChI is InChI=1S/C19H16N2O/c1-15-7-5-6-10-18(15)16-11-13-21(14-12-16)20-19(22)17-8-3-2-4-9-17/h2-14H,1H3. The van der Waals surface area contributed by atoms with E-state index in [9.17, 15) is 5.11 Å². The van der Waals surface area contributed by atoms with Crippen molar-refractivity contribution in [2.45, 2.75) is 6.92 Å². The Hall–Kier alpha value is -2.94. The van der Waals surface area contributed by atoms with Crippen molar-refractivity contribution in [2.24, 2.45) is 5.10 Å². The number of aromatic nitrogens is 1. The van der Waals surface area contributed by atoms with Crippen LogP contribution in [0.4, 0.5) is 0 Å². The quantitative estimate of drug-likeness (QED) is 0.415. The number of rotatable bonds is 3. The SMILES string of the molecule is Cc1ccccc1-c1cc[n+](/N=C(\[O-])c2ccccc2)cc1. The minimum atomic E-state index is -0.255. The fourth-order valence-electron chi connectivity index (χ4n) is 2.30. The lowest BCUT2D eigenvalue weighted by Gasteiger charge is -2.06. The van der Waals surface area contributed by atoms with Crippen LogP contribution in [0.25, 0.3) is 11.1 Å². The summed E-state index contributed by atoms with van der Waals surface area (Å²) in [5.41, 5.74) is 4.09. The molecule has 0 atom stereocenters. The number of hydrogen-bond acceptors (Lipinski definition) is 2. The zero-order chi connectivity index (χ0) is 15.4. The predicted molar refractivity (Wildman–Crippen MR) is 85.2 cm³/mol. The molecule has 0 spiro atoms. The third kappa shape index (κ3) is 3.04. The van der Waals surface area contributed by atoms with Crippen LogP contribution >= 0.6 is 0 Å². The van der Waals surface area contributed by atoms with E-state index in [1.807, 2.05) is 42.5 Å². The Labute approximate surface area is 129 Å². The maximum Gasteiger partial charge on any atom is 0.202 e. The van der Waals surface area contributed by atoms with E-state index in [0.717, 1.165) is 5.56 Å². The van der Waals surface area contributed by atoms with Crippen LogP contribution in [-0.4, -0.2) is 5.90 Å². The van der Waals surface area contributed by atoms with Gasteiger partial charge in [-0.1, -0.05) is 59.3 Å². The molecule has 108 valence electrons. The Bertz CT molecular complexity index is 793. The predicted octanol–water partition coefficient (Wildman–Crippen LogP) is 2.52. The second-order valence-corrected chi connectivity index (χ2v) is 5.05. The first kappa shape index (κ1) is 14.0. The van der Waals surface area contributed by atoms with Gasteiger partial charge in [0, 0.05) is 12.1 Å². The first-order valence-electron chi connectivity index (χ1n) is 7.13. The Balaban J connectivity index is 1.88. The van der Waals surface area contributed by atoms with Crippen LogP contribution in [0.15, 0.2) is 84.2 Å². The van der Waals surface area contributed by atoms with E-state index in [1.165, 1.54) is 15.8 Å². The molecule has 22 heavy (non-hydrogen) atoms. The minimum absolute atomic E-state index is 0.255. The van der Waals surface area contributed by atoms with Crippen LogP contribution in [0.1, 0.15) is 11.1 Å². The Kier molecular flexibility index (Phi) is 3.97. The molecule has 3 rings (SSSR count). The lowest BCUT2D eigenvalue weighted by molar-refractivity contribution is -0.681. The van der Waals surface area contributed by atoms with Gasteiger partial charge in [-0.05, 0) is 34.3 Å². The third-order valence-corrected chi connectivity index (χ3v) is 3.50. The van der Waals surface area contributed by atoms with Crippen LogP contribution < -0.4 is 9.78 Å². The molecule has 2 aromatic carbocycles. The number of nitrogens with zero attached hydrogens (tertiary/aromatic N) is 2. The van der Waals surface area contributed by atoms with Crippen molar-refractivity contribution in [2.75, 3.05) is 0 Å². The molecule has 1 heterocycles.